The Labute approximate surface area is 112 Å². The van der Waals surface area contributed by atoms with Gasteiger partial charge in [-0.2, -0.15) is 5.10 Å². The van der Waals surface area contributed by atoms with Gasteiger partial charge < -0.3 is 5.32 Å². The Morgan fingerprint density at radius 3 is 2.89 bits per heavy atom. The van der Waals surface area contributed by atoms with Crippen LogP contribution in [0.5, 0.6) is 0 Å². The number of anilines is 1. The van der Waals surface area contributed by atoms with Crippen molar-refractivity contribution in [2.75, 3.05) is 11.1 Å². The third kappa shape index (κ3) is 2.41. The van der Waals surface area contributed by atoms with E-state index in [1.807, 2.05) is 31.1 Å². The van der Waals surface area contributed by atoms with E-state index in [1.54, 1.807) is 4.68 Å². The molecule has 1 fully saturated rings. The van der Waals surface area contributed by atoms with Gasteiger partial charge in [0.2, 0.25) is 0 Å². The summed E-state index contributed by atoms with van der Waals surface area (Å²) in [6.07, 6.45) is 7.07. The largest absolute Gasteiger partial charge is 0.318 e. The van der Waals surface area contributed by atoms with Crippen LogP contribution in [0.4, 0.5) is 5.82 Å². The predicted molar refractivity (Wildman–Crippen MR) is 77.1 cm³/mol. The summed E-state index contributed by atoms with van der Waals surface area (Å²) in [6.45, 7) is 2.35. The van der Waals surface area contributed by atoms with Crippen molar-refractivity contribution in [3.63, 3.8) is 0 Å². The third-order valence-electron chi connectivity index (χ3n) is 3.97. The topological polar surface area (TPSA) is 42.2 Å². The molecule has 0 saturated heterocycles. The monoisotopic (exact) mass is 264 g/mol. The zero-order valence-corrected chi connectivity index (χ0v) is 11.8. The molecule has 0 atom stereocenters. The molecule has 98 valence electrons. The van der Waals surface area contributed by atoms with E-state index in [1.165, 1.54) is 25.7 Å². The van der Waals surface area contributed by atoms with Crippen LogP contribution in [0.25, 0.3) is 0 Å². The molecule has 2 heterocycles. The number of aliphatic imine (C=N–C) groups is 1. The minimum atomic E-state index is 0.217. The maximum atomic E-state index is 4.94. The van der Waals surface area contributed by atoms with Gasteiger partial charge in [-0.1, -0.05) is 18.7 Å². The highest BCUT2D eigenvalue weighted by Gasteiger charge is 2.38. The van der Waals surface area contributed by atoms with Gasteiger partial charge in [0.05, 0.1) is 5.54 Å². The number of nitrogens with zero attached hydrogens (tertiary/aromatic N) is 3. The van der Waals surface area contributed by atoms with Gasteiger partial charge in [0.15, 0.2) is 11.0 Å². The first-order valence-electron chi connectivity index (χ1n) is 6.65. The van der Waals surface area contributed by atoms with E-state index in [9.17, 15) is 0 Å². The Morgan fingerprint density at radius 2 is 2.22 bits per heavy atom. The minimum Gasteiger partial charge on any atom is -0.318 e. The molecule has 1 saturated carbocycles. The van der Waals surface area contributed by atoms with Crippen LogP contribution in [0, 0.1) is 5.92 Å². The predicted octanol–water partition coefficient (Wildman–Crippen LogP) is 2.88. The molecular formula is C13H20N4S. The Bertz CT molecular complexity index is 457. The standard InChI is InChI=1S/C13H20N4S/c1-10-3-6-13(7-4-10)9-18-12(15-13)14-11-5-8-17(2)16-11/h5,8,10H,3-4,6-7,9H2,1-2H3,(H,14,15,16). The van der Waals surface area contributed by atoms with Gasteiger partial charge in [0.25, 0.3) is 0 Å². The Balaban J connectivity index is 1.68. The lowest BCUT2D eigenvalue weighted by Crippen LogP contribution is -2.32. The van der Waals surface area contributed by atoms with Crippen LogP contribution in [0.2, 0.25) is 0 Å². The molecule has 0 aromatic carbocycles. The van der Waals surface area contributed by atoms with Crippen LogP contribution in [0.3, 0.4) is 0 Å². The fourth-order valence-electron chi connectivity index (χ4n) is 2.69. The Morgan fingerprint density at radius 1 is 1.44 bits per heavy atom. The molecule has 5 heteroatoms. The number of nitrogens with one attached hydrogen (secondary N) is 1. The number of thioether (sulfide) groups is 1. The normalized spacial score (nSPS) is 31.7. The maximum Gasteiger partial charge on any atom is 0.162 e. The van der Waals surface area contributed by atoms with Crippen LogP contribution in [-0.4, -0.2) is 26.2 Å². The zero-order chi connectivity index (χ0) is 12.6. The van der Waals surface area contributed by atoms with Gasteiger partial charge in [-0.05, 0) is 31.6 Å². The number of amidine groups is 1. The minimum absolute atomic E-state index is 0.217. The summed E-state index contributed by atoms with van der Waals surface area (Å²) in [5, 5.41) is 8.70. The SMILES string of the molecule is CC1CCC2(CC1)CSC(Nc1ccn(C)n1)=N2. The second-order valence-corrected chi connectivity index (χ2v) is 6.58. The first-order chi connectivity index (χ1) is 8.65. The molecule has 2 aliphatic rings. The lowest BCUT2D eigenvalue weighted by Gasteiger charge is -2.32. The number of hydrogen-bond donors (Lipinski definition) is 1. The summed E-state index contributed by atoms with van der Waals surface area (Å²) in [4.78, 5) is 4.94. The third-order valence-corrected chi connectivity index (χ3v) is 5.12. The van der Waals surface area contributed by atoms with Crippen LogP contribution in [0.15, 0.2) is 17.3 Å². The van der Waals surface area contributed by atoms with E-state index in [4.69, 9.17) is 4.99 Å². The fraction of sp³-hybridized carbons (Fsp3) is 0.692. The molecule has 0 bridgehead atoms. The smallest absolute Gasteiger partial charge is 0.162 e. The second kappa shape index (κ2) is 4.61. The van der Waals surface area contributed by atoms with Gasteiger partial charge in [0.1, 0.15) is 0 Å². The maximum absolute atomic E-state index is 4.94. The first kappa shape index (κ1) is 12.1. The van der Waals surface area contributed by atoms with E-state index in [0.717, 1.165) is 22.7 Å². The number of rotatable bonds is 1. The highest BCUT2D eigenvalue weighted by atomic mass is 32.2. The lowest BCUT2D eigenvalue weighted by molar-refractivity contribution is 0.273. The highest BCUT2D eigenvalue weighted by Crippen LogP contribution is 2.41. The number of aromatic nitrogens is 2. The van der Waals surface area contributed by atoms with Gasteiger partial charge in [0, 0.05) is 25.1 Å². The molecule has 1 spiro atoms. The summed E-state index contributed by atoms with van der Waals surface area (Å²) >= 11 is 1.84. The van der Waals surface area contributed by atoms with Gasteiger partial charge in [-0.3, -0.25) is 9.67 Å². The lowest BCUT2D eigenvalue weighted by atomic mass is 9.79. The molecular weight excluding hydrogens is 244 g/mol. The van der Waals surface area contributed by atoms with Gasteiger partial charge >= 0.3 is 0 Å². The van der Waals surface area contributed by atoms with E-state index in [-0.39, 0.29) is 5.54 Å². The summed E-state index contributed by atoms with van der Waals surface area (Å²) in [7, 11) is 1.93. The average Bonchev–Trinajstić information content (AvgIpc) is 2.92. The van der Waals surface area contributed by atoms with Crippen LogP contribution >= 0.6 is 11.8 Å². The van der Waals surface area contributed by atoms with Crippen molar-refractivity contribution in [3.8, 4) is 0 Å². The van der Waals surface area contributed by atoms with E-state index in [0.29, 0.717) is 0 Å². The summed E-state index contributed by atoms with van der Waals surface area (Å²) < 4.78 is 1.81. The fourth-order valence-corrected chi connectivity index (χ4v) is 3.89. The Hall–Kier alpha value is -0.970. The van der Waals surface area contributed by atoms with Crippen LogP contribution in [0.1, 0.15) is 32.6 Å². The average molecular weight is 264 g/mol. The van der Waals surface area contributed by atoms with Crippen molar-refractivity contribution in [3.05, 3.63) is 12.3 Å². The second-order valence-electron chi connectivity index (χ2n) is 5.61. The van der Waals surface area contributed by atoms with E-state index >= 15 is 0 Å². The molecule has 0 amide bonds. The molecule has 0 radical (unpaired) electrons. The Kier molecular flexibility index (Phi) is 3.09. The number of hydrogen-bond acceptors (Lipinski definition) is 4. The van der Waals surface area contributed by atoms with E-state index in [2.05, 4.69) is 17.3 Å². The quantitative estimate of drug-likeness (QED) is 0.848. The van der Waals surface area contributed by atoms with Crippen LogP contribution < -0.4 is 5.32 Å². The molecule has 18 heavy (non-hydrogen) atoms. The van der Waals surface area contributed by atoms with Crippen LogP contribution in [-0.2, 0) is 7.05 Å². The molecule has 1 aromatic heterocycles. The molecule has 0 unspecified atom stereocenters. The van der Waals surface area contributed by atoms with Crippen molar-refractivity contribution in [2.45, 2.75) is 38.1 Å². The van der Waals surface area contributed by atoms with Crippen molar-refractivity contribution in [1.82, 2.24) is 9.78 Å². The summed E-state index contributed by atoms with van der Waals surface area (Å²) in [6, 6.07) is 1.98. The zero-order valence-electron chi connectivity index (χ0n) is 11.0. The van der Waals surface area contributed by atoms with Crippen molar-refractivity contribution in [1.29, 1.82) is 0 Å². The summed E-state index contributed by atoms with van der Waals surface area (Å²) in [5.41, 5.74) is 0.217. The number of aryl methyl sites for hydroxylation is 1. The molecule has 1 aromatic rings. The van der Waals surface area contributed by atoms with Crippen molar-refractivity contribution < 1.29 is 0 Å². The van der Waals surface area contributed by atoms with Crippen molar-refractivity contribution >= 4 is 22.7 Å². The molecule has 1 aliphatic carbocycles. The summed E-state index contributed by atoms with van der Waals surface area (Å²) in [5.74, 6) is 2.91. The van der Waals surface area contributed by atoms with E-state index < -0.39 is 0 Å². The van der Waals surface area contributed by atoms with Crippen molar-refractivity contribution in [2.24, 2.45) is 18.0 Å². The molecule has 1 aliphatic heterocycles. The van der Waals surface area contributed by atoms with Gasteiger partial charge in [-0.15, -0.1) is 0 Å². The first-order valence-corrected chi connectivity index (χ1v) is 7.63. The van der Waals surface area contributed by atoms with Gasteiger partial charge in [-0.25, -0.2) is 0 Å². The molecule has 1 N–H and O–H groups in total. The molecule has 3 rings (SSSR count). The molecule has 4 nitrogen and oxygen atoms in total. The highest BCUT2D eigenvalue weighted by molar-refractivity contribution is 8.14.